The lowest BCUT2D eigenvalue weighted by Crippen LogP contribution is -2.13. The van der Waals surface area contributed by atoms with Crippen molar-refractivity contribution in [3.8, 4) is 11.5 Å². The summed E-state index contributed by atoms with van der Waals surface area (Å²) >= 11 is 0. The topological polar surface area (TPSA) is 56.7 Å². The van der Waals surface area contributed by atoms with E-state index in [2.05, 4.69) is 132 Å². The fraction of sp³-hybridized carbons (Fsp3) is 0.0976. The largest absolute Gasteiger partial charge is 0.457 e. The molecule has 0 saturated heterocycles. The van der Waals surface area contributed by atoms with Crippen molar-refractivity contribution in [1.29, 1.82) is 0 Å². The lowest BCUT2D eigenvalue weighted by Gasteiger charge is -2.23. The monoisotopic (exact) mass is 607 g/mol. The lowest BCUT2D eigenvalue weighted by molar-refractivity contribution is 0.484. The molecule has 47 heavy (non-hydrogen) atoms. The molecular weight excluding hydrogens is 578 g/mol. The molecule has 0 unspecified atom stereocenters. The maximum Gasteiger partial charge on any atom is 0.146 e. The van der Waals surface area contributed by atoms with Gasteiger partial charge in [0.05, 0.1) is 39.3 Å². The number of hydrogen-bond donors (Lipinski definition) is 0. The smallest absolute Gasteiger partial charge is 0.146 e. The van der Waals surface area contributed by atoms with Gasteiger partial charge in [-0.25, -0.2) is 9.97 Å². The highest BCUT2D eigenvalue weighted by Gasteiger charge is 2.22. The molecule has 0 aliphatic carbocycles. The number of benzene rings is 5. The van der Waals surface area contributed by atoms with E-state index in [4.69, 9.17) is 14.7 Å². The predicted octanol–water partition coefficient (Wildman–Crippen LogP) is 10.4. The Balaban J connectivity index is 1.21. The number of nitrogens with zero attached hydrogens (tertiary/aromatic N) is 5. The van der Waals surface area contributed by atoms with Crippen molar-refractivity contribution in [1.82, 2.24) is 23.8 Å². The van der Waals surface area contributed by atoms with Gasteiger partial charge in [-0.2, -0.15) is 0 Å². The van der Waals surface area contributed by atoms with Gasteiger partial charge in [0.15, 0.2) is 0 Å². The lowest BCUT2D eigenvalue weighted by atomic mass is 9.84. The van der Waals surface area contributed by atoms with Crippen molar-refractivity contribution in [2.75, 3.05) is 0 Å². The normalized spacial score (nSPS) is 12.6. The van der Waals surface area contributed by atoms with Gasteiger partial charge in [0.2, 0.25) is 0 Å². The number of para-hydroxylation sites is 5. The van der Waals surface area contributed by atoms with Crippen LogP contribution in [0.4, 0.5) is 0 Å². The van der Waals surface area contributed by atoms with E-state index >= 15 is 0 Å². The molecule has 0 aliphatic rings. The first kappa shape index (κ1) is 26.2. The van der Waals surface area contributed by atoms with Crippen molar-refractivity contribution in [2.45, 2.75) is 26.2 Å². The van der Waals surface area contributed by atoms with Crippen LogP contribution in [0.15, 0.2) is 122 Å². The third-order valence-corrected chi connectivity index (χ3v) is 9.51. The highest BCUT2D eigenvalue weighted by Crippen LogP contribution is 2.40. The summed E-state index contributed by atoms with van der Waals surface area (Å²) in [4.78, 5) is 14.7. The molecule has 0 saturated carbocycles. The van der Waals surface area contributed by atoms with E-state index in [9.17, 15) is 0 Å². The molecule has 0 fully saturated rings. The Morgan fingerprint density at radius 3 is 1.83 bits per heavy atom. The van der Waals surface area contributed by atoms with E-state index in [1.54, 1.807) is 0 Å². The molecule has 224 valence electrons. The molecule has 0 atom stereocenters. The Labute approximate surface area is 269 Å². The molecular formula is C41H29N5O. The number of imidazole rings is 2. The van der Waals surface area contributed by atoms with Crippen LogP contribution < -0.4 is 4.74 Å². The Kier molecular flexibility index (Phi) is 5.17. The summed E-state index contributed by atoms with van der Waals surface area (Å²) in [5.74, 6) is 1.51. The Morgan fingerprint density at radius 1 is 0.532 bits per heavy atom. The molecule has 0 aliphatic heterocycles. The summed E-state index contributed by atoms with van der Waals surface area (Å²) in [6.45, 7) is 6.82. The van der Waals surface area contributed by atoms with Gasteiger partial charge in [-0.05, 0) is 88.5 Å². The second-order valence-electron chi connectivity index (χ2n) is 13.4. The van der Waals surface area contributed by atoms with E-state index in [0.29, 0.717) is 0 Å². The van der Waals surface area contributed by atoms with Crippen molar-refractivity contribution in [3.05, 3.63) is 127 Å². The molecule has 6 nitrogen and oxygen atoms in total. The number of pyridine rings is 3. The van der Waals surface area contributed by atoms with Gasteiger partial charge < -0.3 is 4.74 Å². The molecule has 10 rings (SSSR count). The molecule has 0 bridgehead atoms. The van der Waals surface area contributed by atoms with Crippen LogP contribution in [0, 0.1) is 0 Å². The van der Waals surface area contributed by atoms with Crippen molar-refractivity contribution in [3.63, 3.8) is 0 Å². The quantitative estimate of drug-likeness (QED) is 0.184. The number of fused-ring (bicyclic) bond motifs is 16. The first-order valence-corrected chi connectivity index (χ1v) is 15.9. The average Bonchev–Trinajstić information content (AvgIpc) is 3.68. The van der Waals surface area contributed by atoms with Gasteiger partial charge in [-0.3, -0.25) is 13.8 Å². The summed E-state index contributed by atoms with van der Waals surface area (Å²) in [6.07, 6.45) is 3.77. The maximum atomic E-state index is 6.66. The highest BCUT2D eigenvalue weighted by molar-refractivity contribution is 6.16. The van der Waals surface area contributed by atoms with E-state index in [1.165, 1.54) is 16.5 Å². The van der Waals surface area contributed by atoms with E-state index in [0.717, 1.165) is 77.3 Å². The zero-order valence-corrected chi connectivity index (χ0v) is 26.2. The van der Waals surface area contributed by atoms with Gasteiger partial charge >= 0.3 is 0 Å². The zero-order valence-electron chi connectivity index (χ0n) is 26.2. The van der Waals surface area contributed by atoms with Crippen LogP contribution in [0.1, 0.15) is 26.3 Å². The van der Waals surface area contributed by atoms with E-state index in [1.807, 2.05) is 24.5 Å². The second-order valence-corrected chi connectivity index (χ2v) is 13.4. The number of rotatable bonds is 2. The first-order chi connectivity index (χ1) is 22.9. The Morgan fingerprint density at radius 2 is 1.15 bits per heavy atom. The maximum absolute atomic E-state index is 6.66. The van der Waals surface area contributed by atoms with Gasteiger partial charge in [-0.15, -0.1) is 0 Å². The van der Waals surface area contributed by atoms with Crippen LogP contribution in [0.5, 0.6) is 11.5 Å². The molecule has 10 aromatic rings. The zero-order chi connectivity index (χ0) is 31.4. The van der Waals surface area contributed by atoms with Gasteiger partial charge in [-0.1, -0.05) is 63.2 Å². The summed E-state index contributed by atoms with van der Waals surface area (Å²) in [5.41, 5.74) is 9.39. The van der Waals surface area contributed by atoms with Crippen molar-refractivity contribution in [2.24, 2.45) is 0 Å². The minimum Gasteiger partial charge on any atom is -0.457 e. The molecule has 5 heterocycles. The van der Waals surface area contributed by atoms with Crippen LogP contribution in [0.3, 0.4) is 0 Å². The van der Waals surface area contributed by atoms with Crippen LogP contribution >= 0.6 is 0 Å². The Bertz CT molecular complexity index is 2930. The number of ether oxygens (including phenoxy) is 1. The summed E-state index contributed by atoms with van der Waals surface area (Å²) in [6, 6.07) is 38.0. The minimum atomic E-state index is -0.0431. The minimum absolute atomic E-state index is 0.0431. The molecule has 5 aromatic carbocycles. The molecule has 0 radical (unpaired) electrons. The highest BCUT2D eigenvalue weighted by atomic mass is 16.5. The van der Waals surface area contributed by atoms with Gasteiger partial charge in [0, 0.05) is 27.7 Å². The van der Waals surface area contributed by atoms with Crippen LogP contribution in [-0.2, 0) is 5.41 Å². The van der Waals surface area contributed by atoms with Crippen LogP contribution in [0.2, 0.25) is 0 Å². The number of hydrogen-bond acceptors (Lipinski definition) is 4. The predicted molar refractivity (Wildman–Crippen MR) is 192 cm³/mol. The molecule has 6 heteroatoms. The first-order valence-electron chi connectivity index (χ1n) is 15.9. The third kappa shape index (κ3) is 3.69. The average molecular weight is 608 g/mol. The second kappa shape index (κ2) is 9.27. The van der Waals surface area contributed by atoms with E-state index < -0.39 is 0 Å². The van der Waals surface area contributed by atoms with Gasteiger partial charge in [0.25, 0.3) is 0 Å². The molecule has 0 amide bonds. The van der Waals surface area contributed by atoms with Crippen LogP contribution in [-0.4, -0.2) is 23.8 Å². The summed E-state index contributed by atoms with van der Waals surface area (Å²) in [7, 11) is 0. The standard InChI is InChI=1S/C41H29N5O/c1-41(2,3)32-10-8-9-29-27-18-16-25(22-31(27)40-44-34-12-5-7-14-36(34)46(40)38(29)32)47-24-15-17-26-28-19-20-42-23-37(28)45-35-13-6-4-11-33(35)43-39(45)30(26)21-24/h4-23H,1-3H3. The number of aromatic nitrogens is 5. The van der Waals surface area contributed by atoms with Crippen molar-refractivity contribution >= 4 is 76.7 Å². The fourth-order valence-corrected chi connectivity index (χ4v) is 7.43. The molecule has 0 spiro atoms. The summed E-state index contributed by atoms with van der Waals surface area (Å²) in [5, 5.41) is 6.68. The SMILES string of the molecule is CC(C)(C)c1cccc2c3ccc(Oc4ccc5c6ccncc6n6c7ccccc7nc6c5c4)cc3c3nc4ccccc4n3c12. The molecule has 5 aromatic heterocycles. The fourth-order valence-electron chi connectivity index (χ4n) is 7.43. The molecule has 0 N–H and O–H groups in total. The van der Waals surface area contributed by atoms with Crippen molar-refractivity contribution < 1.29 is 4.74 Å². The van der Waals surface area contributed by atoms with Gasteiger partial charge in [0.1, 0.15) is 22.8 Å². The summed E-state index contributed by atoms with van der Waals surface area (Å²) < 4.78 is 11.2. The third-order valence-electron chi connectivity index (χ3n) is 9.51. The van der Waals surface area contributed by atoms with E-state index in [-0.39, 0.29) is 5.41 Å². The Hall–Kier alpha value is -6.01. The van der Waals surface area contributed by atoms with Crippen LogP contribution in [0.25, 0.3) is 76.7 Å².